The Morgan fingerprint density at radius 3 is 2.63 bits per heavy atom. The molecule has 0 aliphatic heterocycles. The van der Waals surface area contributed by atoms with Crippen LogP contribution in [0.1, 0.15) is 15.9 Å². The molecule has 3 nitrogen and oxygen atoms in total. The Hall–Kier alpha value is -1.94. The molecular weight excluding hydrogens is 267 g/mol. The first-order valence-electron chi connectivity index (χ1n) is 5.67. The van der Waals surface area contributed by atoms with Gasteiger partial charge in [0.25, 0.3) is 5.91 Å². The Balaban J connectivity index is 2.12. The van der Waals surface area contributed by atoms with Gasteiger partial charge in [0, 0.05) is 24.8 Å². The second-order valence-corrected chi connectivity index (χ2v) is 4.58. The SMILES string of the molecule is CN(Cc1ccc(Cl)cc1)C(=O)c1ccncc1F. The molecule has 2 rings (SSSR count). The molecule has 0 atom stereocenters. The molecule has 1 amide bonds. The lowest BCUT2D eigenvalue weighted by atomic mass is 10.2. The van der Waals surface area contributed by atoms with Crippen LogP contribution in [0.3, 0.4) is 0 Å². The third-order valence-electron chi connectivity index (χ3n) is 2.68. The first-order valence-corrected chi connectivity index (χ1v) is 6.05. The number of rotatable bonds is 3. The maximum absolute atomic E-state index is 13.5. The van der Waals surface area contributed by atoms with Gasteiger partial charge in [-0.3, -0.25) is 9.78 Å². The molecule has 98 valence electrons. The molecule has 0 aliphatic carbocycles. The van der Waals surface area contributed by atoms with E-state index >= 15 is 0 Å². The summed E-state index contributed by atoms with van der Waals surface area (Å²) in [7, 11) is 1.62. The maximum atomic E-state index is 13.5. The van der Waals surface area contributed by atoms with Crippen LogP contribution < -0.4 is 0 Å². The van der Waals surface area contributed by atoms with Crippen molar-refractivity contribution in [2.45, 2.75) is 6.54 Å². The highest BCUT2D eigenvalue weighted by Crippen LogP contribution is 2.13. The molecule has 1 aromatic heterocycles. The molecule has 1 heterocycles. The van der Waals surface area contributed by atoms with Crippen molar-refractivity contribution in [2.75, 3.05) is 7.05 Å². The van der Waals surface area contributed by atoms with E-state index in [0.717, 1.165) is 11.8 Å². The number of aromatic nitrogens is 1. The average Bonchev–Trinajstić information content (AvgIpc) is 2.41. The van der Waals surface area contributed by atoms with Gasteiger partial charge in [-0.2, -0.15) is 0 Å². The first-order chi connectivity index (χ1) is 9.08. The Morgan fingerprint density at radius 1 is 1.32 bits per heavy atom. The van der Waals surface area contributed by atoms with Crippen LogP contribution in [0.2, 0.25) is 5.02 Å². The number of benzene rings is 1. The summed E-state index contributed by atoms with van der Waals surface area (Å²) in [6.45, 7) is 0.387. The summed E-state index contributed by atoms with van der Waals surface area (Å²) in [6, 6.07) is 8.53. The quantitative estimate of drug-likeness (QED) is 0.864. The minimum atomic E-state index is -0.615. The maximum Gasteiger partial charge on any atom is 0.256 e. The van der Waals surface area contributed by atoms with Gasteiger partial charge in [-0.25, -0.2) is 4.39 Å². The van der Waals surface area contributed by atoms with Crippen molar-refractivity contribution in [1.29, 1.82) is 0 Å². The lowest BCUT2D eigenvalue weighted by molar-refractivity contribution is 0.0780. The van der Waals surface area contributed by atoms with Crippen molar-refractivity contribution in [3.8, 4) is 0 Å². The zero-order chi connectivity index (χ0) is 13.8. The van der Waals surface area contributed by atoms with E-state index in [2.05, 4.69) is 4.98 Å². The number of carbonyl (C=O) groups is 1. The predicted octanol–water partition coefficient (Wildman–Crippen LogP) is 3.15. The molecule has 0 unspecified atom stereocenters. The fourth-order valence-electron chi connectivity index (χ4n) is 1.69. The standard InChI is InChI=1S/C14H12ClFN2O/c1-18(9-10-2-4-11(15)5-3-10)14(19)12-6-7-17-8-13(12)16/h2-8H,9H2,1H3. The van der Waals surface area contributed by atoms with E-state index < -0.39 is 5.82 Å². The smallest absolute Gasteiger partial charge is 0.256 e. The molecule has 5 heteroatoms. The molecule has 0 N–H and O–H groups in total. The molecule has 0 spiro atoms. The molecular formula is C14H12ClFN2O. The lowest BCUT2D eigenvalue weighted by Gasteiger charge is -2.17. The molecule has 19 heavy (non-hydrogen) atoms. The number of amides is 1. The van der Waals surface area contributed by atoms with Crippen molar-refractivity contribution in [3.63, 3.8) is 0 Å². The van der Waals surface area contributed by atoms with E-state index in [0.29, 0.717) is 11.6 Å². The third-order valence-corrected chi connectivity index (χ3v) is 2.93. The Bertz CT molecular complexity index is 586. The molecule has 0 saturated heterocycles. The number of hydrogen-bond donors (Lipinski definition) is 0. The summed E-state index contributed by atoms with van der Waals surface area (Å²) in [5.41, 5.74) is 0.946. The van der Waals surface area contributed by atoms with Crippen LogP contribution in [-0.4, -0.2) is 22.8 Å². The summed E-state index contributed by atoms with van der Waals surface area (Å²) in [5.74, 6) is -0.995. The van der Waals surface area contributed by atoms with Gasteiger partial charge in [0.1, 0.15) is 0 Å². The topological polar surface area (TPSA) is 33.2 Å². The van der Waals surface area contributed by atoms with E-state index in [4.69, 9.17) is 11.6 Å². The summed E-state index contributed by atoms with van der Waals surface area (Å²) in [4.78, 5) is 17.1. The van der Waals surface area contributed by atoms with Crippen LogP contribution in [0.15, 0.2) is 42.7 Å². The molecule has 1 aromatic carbocycles. The number of nitrogens with zero attached hydrogens (tertiary/aromatic N) is 2. The van der Waals surface area contributed by atoms with Gasteiger partial charge in [-0.15, -0.1) is 0 Å². The van der Waals surface area contributed by atoms with Crippen LogP contribution in [0.25, 0.3) is 0 Å². The Labute approximate surface area is 115 Å². The fraction of sp³-hybridized carbons (Fsp3) is 0.143. The Morgan fingerprint density at radius 2 is 2.00 bits per heavy atom. The van der Waals surface area contributed by atoms with Gasteiger partial charge in [0.15, 0.2) is 5.82 Å². The summed E-state index contributed by atoms with van der Waals surface area (Å²) in [6.07, 6.45) is 2.43. The van der Waals surface area contributed by atoms with E-state index in [9.17, 15) is 9.18 Å². The van der Waals surface area contributed by atoms with Crippen molar-refractivity contribution in [1.82, 2.24) is 9.88 Å². The van der Waals surface area contributed by atoms with E-state index in [1.807, 2.05) is 12.1 Å². The van der Waals surface area contributed by atoms with Crippen LogP contribution in [0.4, 0.5) is 4.39 Å². The number of hydrogen-bond acceptors (Lipinski definition) is 2. The third kappa shape index (κ3) is 3.29. The predicted molar refractivity (Wildman–Crippen MR) is 71.4 cm³/mol. The van der Waals surface area contributed by atoms with Crippen LogP contribution in [0, 0.1) is 5.82 Å². The van der Waals surface area contributed by atoms with Crippen molar-refractivity contribution in [2.24, 2.45) is 0 Å². The summed E-state index contributed by atoms with van der Waals surface area (Å²) >= 11 is 5.79. The van der Waals surface area contributed by atoms with Gasteiger partial charge < -0.3 is 4.90 Å². The highest BCUT2D eigenvalue weighted by atomic mass is 35.5. The molecule has 2 aromatic rings. The minimum absolute atomic E-state index is 0.0199. The van der Waals surface area contributed by atoms with Gasteiger partial charge >= 0.3 is 0 Å². The van der Waals surface area contributed by atoms with Crippen LogP contribution in [-0.2, 0) is 6.54 Å². The first kappa shape index (κ1) is 13.5. The van der Waals surface area contributed by atoms with Gasteiger partial charge in [-0.1, -0.05) is 23.7 Å². The molecule has 0 radical (unpaired) electrons. The van der Waals surface area contributed by atoms with E-state index in [1.165, 1.54) is 17.2 Å². The van der Waals surface area contributed by atoms with Crippen molar-refractivity contribution < 1.29 is 9.18 Å². The fourth-order valence-corrected chi connectivity index (χ4v) is 1.82. The number of halogens is 2. The molecule has 0 bridgehead atoms. The van der Waals surface area contributed by atoms with Gasteiger partial charge in [0.2, 0.25) is 0 Å². The van der Waals surface area contributed by atoms with E-state index in [1.54, 1.807) is 19.2 Å². The lowest BCUT2D eigenvalue weighted by Crippen LogP contribution is -2.27. The minimum Gasteiger partial charge on any atom is -0.337 e. The zero-order valence-corrected chi connectivity index (χ0v) is 11.1. The highest BCUT2D eigenvalue weighted by Gasteiger charge is 2.16. The molecule has 0 fully saturated rings. The monoisotopic (exact) mass is 278 g/mol. The van der Waals surface area contributed by atoms with Crippen molar-refractivity contribution >= 4 is 17.5 Å². The largest absolute Gasteiger partial charge is 0.337 e. The number of pyridine rings is 1. The summed E-state index contributed by atoms with van der Waals surface area (Å²) < 4.78 is 13.5. The van der Waals surface area contributed by atoms with Crippen LogP contribution >= 0.6 is 11.6 Å². The summed E-state index contributed by atoms with van der Waals surface area (Å²) in [5, 5.41) is 0.637. The number of carbonyl (C=O) groups excluding carboxylic acids is 1. The second kappa shape index (κ2) is 5.80. The highest BCUT2D eigenvalue weighted by molar-refractivity contribution is 6.30. The molecule has 0 aliphatic rings. The zero-order valence-electron chi connectivity index (χ0n) is 10.3. The normalized spacial score (nSPS) is 10.3. The Kier molecular flexibility index (Phi) is 4.12. The van der Waals surface area contributed by atoms with Crippen LogP contribution in [0.5, 0.6) is 0 Å². The van der Waals surface area contributed by atoms with Gasteiger partial charge in [-0.05, 0) is 23.8 Å². The van der Waals surface area contributed by atoms with Gasteiger partial charge in [0.05, 0.1) is 11.8 Å². The van der Waals surface area contributed by atoms with Crippen molar-refractivity contribution in [3.05, 3.63) is 64.7 Å². The second-order valence-electron chi connectivity index (χ2n) is 4.14. The van der Waals surface area contributed by atoms with E-state index in [-0.39, 0.29) is 11.5 Å². The molecule has 0 saturated carbocycles. The average molecular weight is 279 g/mol.